The van der Waals surface area contributed by atoms with Gasteiger partial charge in [-0.05, 0) is 12.1 Å². The molecule has 1 aliphatic rings. The van der Waals surface area contributed by atoms with Crippen molar-refractivity contribution in [3.8, 4) is 0 Å². The van der Waals surface area contributed by atoms with Crippen LogP contribution in [0.25, 0.3) is 5.76 Å². The van der Waals surface area contributed by atoms with Crippen molar-refractivity contribution in [1.82, 2.24) is 0 Å². The predicted octanol–water partition coefficient (Wildman–Crippen LogP) is 1.95. The van der Waals surface area contributed by atoms with Crippen molar-refractivity contribution in [1.29, 1.82) is 0 Å². The Morgan fingerprint density at radius 1 is 1.17 bits per heavy atom. The number of ether oxygens (including phenoxy) is 1. The predicted molar refractivity (Wildman–Crippen MR) is 47.1 cm³/mol. The number of carbonyl (C=O) groups excluding carboxylic acids is 1. The summed E-state index contributed by atoms with van der Waals surface area (Å²) in [6.07, 6.45) is 2.37. The van der Waals surface area contributed by atoms with Gasteiger partial charge >= 0.3 is 5.97 Å². The summed E-state index contributed by atoms with van der Waals surface area (Å²) in [5.74, 6) is 0.821. The molecule has 0 aliphatic carbocycles. The first kappa shape index (κ1) is 7.10. The first-order valence-electron chi connectivity index (χ1n) is 3.84. The summed E-state index contributed by atoms with van der Waals surface area (Å²) in [5.41, 5.74) is 1.00. The summed E-state index contributed by atoms with van der Waals surface area (Å²) in [7, 11) is 0. The van der Waals surface area contributed by atoms with Gasteiger partial charge in [0, 0.05) is 11.6 Å². The van der Waals surface area contributed by atoms with Crippen LogP contribution in [0, 0.1) is 0 Å². The number of esters is 1. The average Bonchev–Trinajstić information content (AvgIpc) is 2.54. The van der Waals surface area contributed by atoms with E-state index in [1.165, 1.54) is 0 Å². The van der Waals surface area contributed by atoms with E-state index in [1.807, 2.05) is 36.4 Å². The van der Waals surface area contributed by atoms with Gasteiger partial charge in [-0.3, -0.25) is 4.74 Å². The lowest BCUT2D eigenvalue weighted by Crippen LogP contribution is -1.93. The fraction of sp³-hybridized carbons (Fsp3) is 0.100. The monoisotopic (exact) mass is 161 g/mol. The lowest BCUT2D eigenvalue weighted by molar-refractivity contribution is 0.439. The summed E-state index contributed by atoms with van der Waals surface area (Å²) in [5, 5.41) is 0. The van der Waals surface area contributed by atoms with Crippen molar-refractivity contribution >= 4 is 11.7 Å². The maximum Gasteiger partial charge on any atom is 0.493 e. The molecular weight excluding hydrogens is 152 g/mol. The van der Waals surface area contributed by atoms with Crippen molar-refractivity contribution in [2.24, 2.45) is 0 Å². The zero-order valence-electron chi connectivity index (χ0n) is 6.53. The molecule has 1 aromatic rings. The number of hydrogen-bond acceptors (Lipinski definition) is 1. The smallest absolute Gasteiger partial charge is 0.338 e. The van der Waals surface area contributed by atoms with E-state index < -0.39 is 0 Å². The molecule has 2 heteroatoms. The summed E-state index contributed by atoms with van der Waals surface area (Å²) in [6.45, 7) is 0. The number of benzene rings is 1. The molecule has 0 aromatic heterocycles. The molecule has 12 heavy (non-hydrogen) atoms. The molecule has 1 heterocycles. The Balaban J connectivity index is 2.28. The fourth-order valence-electron chi connectivity index (χ4n) is 1.17. The minimum atomic E-state index is 0.0776. The fourth-order valence-corrected chi connectivity index (χ4v) is 1.17. The Morgan fingerprint density at radius 3 is 2.50 bits per heavy atom. The summed E-state index contributed by atoms with van der Waals surface area (Å²) in [4.78, 5) is 9.00. The summed E-state index contributed by atoms with van der Waals surface area (Å²) < 4.78 is 5.08. The lowest BCUT2D eigenvalue weighted by Gasteiger charge is -1.92. The molecule has 0 spiro atoms. The SMILES string of the molecule is [OH+]=C1CC=C(c2ccccc2)O1. The first-order chi connectivity index (χ1) is 5.86. The summed E-state index contributed by atoms with van der Waals surface area (Å²) in [6, 6.07) is 9.72. The molecule has 0 bridgehead atoms. The minimum Gasteiger partial charge on any atom is -0.338 e. The molecule has 1 N–H and O–H groups in total. The van der Waals surface area contributed by atoms with Gasteiger partial charge in [0.05, 0.1) is 0 Å². The van der Waals surface area contributed by atoms with Crippen LogP contribution in [0.5, 0.6) is 0 Å². The number of cyclic esters (lactones) is 1. The van der Waals surface area contributed by atoms with E-state index in [0.29, 0.717) is 6.42 Å². The highest BCUT2D eigenvalue weighted by molar-refractivity contribution is 5.85. The average molecular weight is 161 g/mol. The molecule has 0 saturated heterocycles. The second-order valence-electron chi connectivity index (χ2n) is 2.63. The van der Waals surface area contributed by atoms with Crippen molar-refractivity contribution in [2.75, 3.05) is 0 Å². The van der Waals surface area contributed by atoms with E-state index in [0.717, 1.165) is 11.3 Å². The Bertz CT molecular complexity index is 325. The molecule has 60 valence electrons. The highest BCUT2D eigenvalue weighted by Gasteiger charge is 2.24. The van der Waals surface area contributed by atoms with Gasteiger partial charge in [-0.25, -0.2) is 0 Å². The molecule has 0 amide bonds. The number of hydrogen-bond donors (Lipinski definition) is 0. The van der Waals surface area contributed by atoms with Gasteiger partial charge in [-0.15, -0.1) is 0 Å². The van der Waals surface area contributed by atoms with Gasteiger partial charge in [0.2, 0.25) is 0 Å². The third-order valence-corrected chi connectivity index (χ3v) is 1.75. The van der Waals surface area contributed by atoms with Gasteiger partial charge in [-0.2, -0.15) is 0 Å². The summed E-state index contributed by atoms with van der Waals surface area (Å²) >= 11 is 0. The van der Waals surface area contributed by atoms with Gasteiger partial charge in [0.25, 0.3) is 5.76 Å². The molecule has 0 atom stereocenters. The van der Waals surface area contributed by atoms with Crippen LogP contribution in [0.3, 0.4) is 0 Å². The van der Waals surface area contributed by atoms with Gasteiger partial charge in [-0.1, -0.05) is 18.2 Å². The Hall–Kier alpha value is -1.57. The first-order valence-corrected chi connectivity index (χ1v) is 3.84. The zero-order chi connectivity index (χ0) is 8.39. The van der Waals surface area contributed by atoms with Crippen LogP contribution < -0.4 is 0 Å². The van der Waals surface area contributed by atoms with Crippen molar-refractivity contribution in [3.63, 3.8) is 0 Å². The van der Waals surface area contributed by atoms with Crippen LogP contribution in [0.2, 0.25) is 0 Å². The highest BCUT2D eigenvalue weighted by Crippen LogP contribution is 2.21. The molecule has 1 aliphatic heterocycles. The third-order valence-electron chi connectivity index (χ3n) is 1.75. The Kier molecular flexibility index (Phi) is 1.67. The van der Waals surface area contributed by atoms with Crippen molar-refractivity contribution in [2.45, 2.75) is 6.42 Å². The van der Waals surface area contributed by atoms with Crippen LogP contribution in [-0.2, 0) is 4.74 Å². The van der Waals surface area contributed by atoms with Gasteiger partial charge in [0.1, 0.15) is 6.42 Å². The normalized spacial score (nSPS) is 15.7. The second kappa shape index (κ2) is 2.81. The third kappa shape index (κ3) is 1.23. The molecule has 1 aromatic carbocycles. The lowest BCUT2D eigenvalue weighted by atomic mass is 10.2. The van der Waals surface area contributed by atoms with Crippen LogP contribution in [-0.4, -0.2) is 10.8 Å². The van der Waals surface area contributed by atoms with Crippen molar-refractivity contribution in [3.05, 3.63) is 42.0 Å². The topological polar surface area (TPSA) is 30.6 Å². The Morgan fingerprint density at radius 2 is 1.92 bits per heavy atom. The molecule has 0 radical (unpaired) electrons. The van der Waals surface area contributed by atoms with E-state index in [4.69, 9.17) is 9.53 Å². The molecule has 0 saturated carbocycles. The maximum atomic E-state index is 9.00. The molecule has 0 unspecified atom stereocenters. The van der Waals surface area contributed by atoms with E-state index in [1.54, 1.807) is 0 Å². The molecule has 0 fully saturated rings. The maximum absolute atomic E-state index is 9.00. The highest BCUT2D eigenvalue weighted by atomic mass is 16.5. The molecule has 2 rings (SSSR count). The number of rotatable bonds is 1. The molecule has 2 nitrogen and oxygen atoms in total. The van der Waals surface area contributed by atoms with E-state index in [9.17, 15) is 0 Å². The molecular formula is C10H9O2+. The zero-order valence-corrected chi connectivity index (χ0v) is 6.53. The minimum absolute atomic E-state index is 0.0776. The van der Waals surface area contributed by atoms with Crippen LogP contribution in [0.15, 0.2) is 36.4 Å². The largest absolute Gasteiger partial charge is 0.493 e. The van der Waals surface area contributed by atoms with Crippen LogP contribution in [0.1, 0.15) is 12.0 Å². The quantitative estimate of drug-likeness (QED) is 0.457. The van der Waals surface area contributed by atoms with Gasteiger partial charge < -0.3 is 4.79 Å². The second-order valence-corrected chi connectivity index (χ2v) is 2.63. The van der Waals surface area contributed by atoms with Gasteiger partial charge in [0.15, 0.2) is 0 Å². The van der Waals surface area contributed by atoms with Crippen LogP contribution >= 0.6 is 0 Å². The van der Waals surface area contributed by atoms with E-state index >= 15 is 0 Å². The van der Waals surface area contributed by atoms with E-state index in [-0.39, 0.29) is 5.97 Å². The van der Waals surface area contributed by atoms with Crippen LogP contribution in [0.4, 0.5) is 0 Å². The van der Waals surface area contributed by atoms with Crippen molar-refractivity contribution < 1.29 is 9.53 Å². The van der Waals surface area contributed by atoms with E-state index in [2.05, 4.69) is 0 Å². The standard InChI is InChI=1S/C10H8O2/c11-10-7-6-9(12-10)8-4-2-1-3-5-8/h1-6H,7H2/p+1. The Labute approximate surface area is 70.5 Å².